The highest BCUT2D eigenvalue weighted by molar-refractivity contribution is 7.89. The molecule has 2 atom stereocenters. The first-order chi connectivity index (χ1) is 9.77. The molecule has 1 aliphatic heterocycles. The van der Waals surface area contributed by atoms with Crippen LogP contribution in [0.25, 0.3) is 0 Å². The molecule has 7 nitrogen and oxygen atoms in total. The third-order valence-electron chi connectivity index (χ3n) is 3.50. The van der Waals surface area contributed by atoms with Gasteiger partial charge in [0.15, 0.2) is 0 Å². The summed E-state index contributed by atoms with van der Waals surface area (Å²) in [6, 6.07) is 1.33. The molecule has 1 aliphatic rings. The molecule has 0 radical (unpaired) electrons. The van der Waals surface area contributed by atoms with Crippen molar-refractivity contribution in [3.8, 4) is 0 Å². The third kappa shape index (κ3) is 3.27. The summed E-state index contributed by atoms with van der Waals surface area (Å²) in [4.78, 5) is 14.9. The fourth-order valence-corrected chi connectivity index (χ4v) is 4.49. The van der Waals surface area contributed by atoms with Crippen molar-refractivity contribution in [2.45, 2.75) is 24.0 Å². The Kier molecular flexibility index (Phi) is 4.69. The Balaban J connectivity index is 2.22. The van der Waals surface area contributed by atoms with E-state index >= 15 is 0 Å². The molecule has 118 valence electrons. The average Bonchev–Trinajstić information content (AvgIpc) is 3.00. The lowest BCUT2D eigenvalue weighted by Crippen LogP contribution is -2.29. The summed E-state index contributed by atoms with van der Waals surface area (Å²) in [5.41, 5.74) is 0. The standard InChI is InChI=1S/C12H18N2O5S2/c1-7-11(21(13,16)17)4-10(20-7)12(15)14-5-8(18-2)9(6-14)19-3/h4,8-9H,5-6H2,1-3H3,(H2,13,16,17). The van der Waals surface area contributed by atoms with E-state index in [1.165, 1.54) is 6.07 Å². The van der Waals surface area contributed by atoms with Crippen LogP contribution in [0.3, 0.4) is 0 Å². The van der Waals surface area contributed by atoms with Gasteiger partial charge in [-0.3, -0.25) is 4.79 Å². The minimum Gasteiger partial charge on any atom is -0.377 e. The molecule has 21 heavy (non-hydrogen) atoms. The van der Waals surface area contributed by atoms with Gasteiger partial charge in [0.25, 0.3) is 5.91 Å². The van der Waals surface area contributed by atoms with Gasteiger partial charge in [-0.25, -0.2) is 13.6 Å². The molecule has 1 amide bonds. The van der Waals surface area contributed by atoms with Gasteiger partial charge in [-0.05, 0) is 13.0 Å². The second-order valence-corrected chi connectivity index (χ2v) is 7.62. The summed E-state index contributed by atoms with van der Waals surface area (Å²) in [7, 11) is -0.673. The van der Waals surface area contributed by atoms with E-state index in [1.54, 1.807) is 26.0 Å². The van der Waals surface area contributed by atoms with Gasteiger partial charge in [-0.1, -0.05) is 0 Å². The van der Waals surface area contributed by atoms with Crippen molar-refractivity contribution in [2.75, 3.05) is 27.3 Å². The third-order valence-corrected chi connectivity index (χ3v) is 5.70. The molecule has 0 spiro atoms. The highest BCUT2D eigenvalue weighted by Crippen LogP contribution is 2.27. The number of sulfonamides is 1. The normalized spacial score (nSPS) is 22.8. The molecule has 2 heterocycles. The van der Waals surface area contributed by atoms with E-state index in [0.29, 0.717) is 22.8 Å². The second-order valence-electron chi connectivity index (χ2n) is 4.83. The number of rotatable bonds is 4. The Morgan fingerprint density at radius 2 is 1.86 bits per heavy atom. The maximum absolute atomic E-state index is 12.5. The molecule has 0 aromatic carbocycles. The largest absolute Gasteiger partial charge is 0.377 e. The van der Waals surface area contributed by atoms with Crippen molar-refractivity contribution in [3.05, 3.63) is 15.8 Å². The van der Waals surface area contributed by atoms with Crippen molar-refractivity contribution in [3.63, 3.8) is 0 Å². The van der Waals surface area contributed by atoms with Crippen molar-refractivity contribution >= 4 is 27.3 Å². The molecule has 2 N–H and O–H groups in total. The number of aryl methyl sites for hydroxylation is 1. The molecule has 1 aromatic heterocycles. The summed E-state index contributed by atoms with van der Waals surface area (Å²) in [6.07, 6.45) is -0.365. The number of likely N-dealkylation sites (tertiary alicyclic amines) is 1. The zero-order valence-electron chi connectivity index (χ0n) is 12.0. The van der Waals surface area contributed by atoms with Crippen molar-refractivity contribution in [1.29, 1.82) is 0 Å². The Morgan fingerprint density at radius 1 is 1.33 bits per heavy atom. The molecule has 0 bridgehead atoms. The fraction of sp³-hybridized carbons (Fsp3) is 0.583. The molecule has 1 saturated heterocycles. The lowest BCUT2D eigenvalue weighted by Gasteiger charge is -2.14. The van der Waals surface area contributed by atoms with Gasteiger partial charge in [-0.2, -0.15) is 0 Å². The van der Waals surface area contributed by atoms with E-state index in [9.17, 15) is 13.2 Å². The van der Waals surface area contributed by atoms with Gasteiger partial charge in [0.05, 0.1) is 9.77 Å². The predicted octanol–water partition coefficient (Wildman–Crippen LogP) is 0.190. The minimum absolute atomic E-state index is 0.00151. The second kappa shape index (κ2) is 6.01. The smallest absolute Gasteiger partial charge is 0.264 e. The van der Waals surface area contributed by atoms with E-state index in [-0.39, 0.29) is 23.0 Å². The molecule has 1 aromatic rings. The number of carbonyl (C=O) groups is 1. The fourth-order valence-electron chi connectivity index (χ4n) is 2.37. The highest BCUT2D eigenvalue weighted by atomic mass is 32.2. The predicted molar refractivity (Wildman–Crippen MR) is 77.9 cm³/mol. The SMILES string of the molecule is COC1CN(C(=O)c2cc(S(N)(=O)=O)c(C)s2)CC1OC. The van der Waals surface area contributed by atoms with Crippen LogP contribution in [0.5, 0.6) is 0 Å². The molecule has 0 aliphatic carbocycles. The number of hydrogen-bond donors (Lipinski definition) is 1. The molecule has 9 heteroatoms. The monoisotopic (exact) mass is 334 g/mol. The van der Waals surface area contributed by atoms with Crippen molar-refractivity contribution in [1.82, 2.24) is 4.90 Å². The Hall–Kier alpha value is -1.00. The lowest BCUT2D eigenvalue weighted by molar-refractivity contribution is -0.00461. The molecule has 2 rings (SSSR count). The summed E-state index contributed by atoms with van der Waals surface area (Å²) in [5, 5.41) is 5.13. The van der Waals surface area contributed by atoms with Crippen LogP contribution in [0.15, 0.2) is 11.0 Å². The number of ether oxygens (including phenoxy) is 2. The summed E-state index contributed by atoms with van der Waals surface area (Å²) >= 11 is 1.12. The Labute approximate surface area is 127 Å². The zero-order valence-corrected chi connectivity index (χ0v) is 13.7. The van der Waals surface area contributed by atoms with E-state index in [0.717, 1.165) is 11.3 Å². The molecular weight excluding hydrogens is 316 g/mol. The zero-order chi connectivity index (χ0) is 15.8. The Bertz CT molecular complexity index is 628. The Morgan fingerprint density at radius 3 is 2.24 bits per heavy atom. The summed E-state index contributed by atoms with van der Waals surface area (Å²) in [5.74, 6) is -0.236. The molecular formula is C12H18N2O5S2. The lowest BCUT2D eigenvalue weighted by atomic mass is 10.3. The molecule has 0 saturated carbocycles. The van der Waals surface area contributed by atoms with Crippen molar-refractivity contribution < 1.29 is 22.7 Å². The maximum Gasteiger partial charge on any atom is 0.264 e. The number of methoxy groups -OCH3 is 2. The first-order valence-corrected chi connectivity index (χ1v) is 8.62. The van der Waals surface area contributed by atoms with E-state index < -0.39 is 10.0 Å². The average molecular weight is 334 g/mol. The topological polar surface area (TPSA) is 98.9 Å². The molecule has 2 unspecified atom stereocenters. The van der Waals surface area contributed by atoms with Gasteiger partial charge < -0.3 is 14.4 Å². The first kappa shape index (κ1) is 16.4. The summed E-state index contributed by atoms with van der Waals surface area (Å²) in [6.45, 7) is 2.45. The molecule has 1 fully saturated rings. The van der Waals surface area contributed by atoms with Gasteiger partial charge in [0, 0.05) is 32.2 Å². The van der Waals surface area contributed by atoms with Crippen LogP contribution in [0.4, 0.5) is 0 Å². The van der Waals surface area contributed by atoms with Crippen LogP contribution >= 0.6 is 11.3 Å². The first-order valence-electron chi connectivity index (χ1n) is 6.26. The number of thiophene rings is 1. The van der Waals surface area contributed by atoms with Gasteiger partial charge >= 0.3 is 0 Å². The number of primary sulfonamides is 1. The van der Waals surface area contributed by atoms with Crippen LogP contribution in [-0.2, 0) is 19.5 Å². The quantitative estimate of drug-likeness (QED) is 0.847. The van der Waals surface area contributed by atoms with E-state index in [4.69, 9.17) is 14.6 Å². The summed E-state index contributed by atoms with van der Waals surface area (Å²) < 4.78 is 33.4. The van der Waals surface area contributed by atoms with Crippen LogP contribution in [0.2, 0.25) is 0 Å². The minimum atomic E-state index is -3.81. The van der Waals surface area contributed by atoms with Gasteiger partial charge in [-0.15, -0.1) is 11.3 Å². The highest BCUT2D eigenvalue weighted by Gasteiger charge is 2.36. The van der Waals surface area contributed by atoms with Crippen LogP contribution in [0, 0.1) is 6.92 Å². The van der Waals surface area contributed by atoms with Gasteiger partial charge in [0.2, 0.25) is 10.0 Å². The van der Waals surface area contributed by atoms with Crippen molar-refractivity contribution in [2.24, 2.45) is 5.14 Å². The van der Waals surface area contributed by atoms with Crippen LogP contribution in [0.1, 0.15) is 14.5 Å². The number of nitrogens with zero attached hydrogens (tertiary/aromatic N) is 1. The number of nitrogens with two attached hydrogens (primary N) is 1. The van der Waals surface area contributed by atoms with E-state index in [2.05, 4.69) is 0 Å². The maximum atomic E-state index is 12.5. The number of carbonyl (C=O) groups excluding carboxylic acids is 1. The van der Waals surface area contributed by atoms with Crippen LogP contribution < -0.4 is 5.14 Å². The van der Waals surface area contributed by atoms with Crippen LogP contribution in [-0.4, -0.2) is 58.7 Å². The van der Waals surface area contributed by atoms with E-state index in [1.807, 2.05) is 0 Å². The number of amides is 1. The van der Waals surface area contributed by atoms with Gasteiger partial charge in [0.1, 0.15) is 12.2 Å². The number of hydrogen-bond acceptors (Lipinski definition) is 6.